The number of esters is 1. The highest BCUT2D eigenvalue weighted by Crippen LogP contribution is 2.32. The molecular weight excluding hydrogens is 356 g/mol. The van der Waals surface area contributed by atoms with Crippen LogP contribution in [0.1, 0.15) is 37.9 Å². The van der Waals surface area contributed by atoms with Crippen LogP contribution >= 0.6 is 0 Å². The van der Waals surface area contributed by atoms with Gasteiger partial charge in [-0.25, -0.2) is 9.59 Å². The lowest BCUT2D eigenvalue weighted by atomic mass is 9.92. The number of carbonyl (C=O) groups is 2. The molecule has 6 heteroatoms. The van der Waals surface area contributed by atoms with Crippen LogP contribution in [-0.2, 0) is 9.53 Å². The molecule has 2 aromatic rings. The zero-order valence-electron chi connectivity index (χ0n) is 16.4. The van der Waals surface area contributed by atoms with E-state index < -0.39 is 12.0 Å². The summed E-state index contributed by atoms with van der Waals surface area (Å²) in [6.07, 6.45) is 0. The molecule has 0 saturated heterocycles. The number of rotatable bonds is 4. The van der Waals surface area contributed by atoms with E-state index in [0.29, 0.717) is 17.0 Å². The second-order valence-electron chi connectivity index (χ2n) is 7.46. The number of hydrogen-bond donors (Lipinski definition) is 2. The summed E-state index contributed by atoms with van der Waals surface area (Å²) < 4.78 is 10.9. The first-order chi connectivity index (χ1) is 13.3. The van der Waals surface area contributed by atoms with E-state index in [1.807, 2.05) is 75.4 Å². The Kier molecular flexibility index (Phi) is 5.40. The molecule has 0 spiro atoms. The summed E-state index contributed by atoms with van der Waals surface area (Å²) in [5, 5.41) is 5.56. The molecule has 0 fully saturated rings. The van der Waals surface area contributed by atoms with Gasteiger partial charge in [0.2, 0.25) is 0 Å². The maximum Gasteiger partial charge on any atom is 0.338 e. The molecule has 0 aliphatic carbocycles. The largest absolute Gasteiger partial charge is 0.488 e. The van der Waals surface area contributed by atoms with Gasteiger partial charge in [-0.15, -0.1) is 0 Å². The minimum absolute atomic E-state index is 0.317. The average Bonchev–Trinajstić information content (AvgIpc) is 2.67. The van der Waals surface area contributed by atoms with Gasteiger partial charge in [0, 0.05) is 0 Å². The Balaban J connectivity index is 2.05. The van der Waals surface area contributed by atoms with Crippen LogP contribution in [0.25, 0.3) is 5.70 Å². The Bertz CT molecular complexity index is 896. The highest BCUT2D eigenvalue weighted by molar-refractivity contribution is 6.04. The van der Waals surface area contributed by atoms with E-state index >= 15 is 0 Å². The molecule has 3 rings (SSSR count). The zero-order chi connectivity index (χ0) is 20.3. The highest BCUT2D eigenvalue weighted by Gasteiger charge is 2.34. The zero-order valence-corrected chi connectivity index (χ0v) is 16.4. The number of ether oxygens (including phenoxy) is 2. The van der Waals surface area contributed by atoms with Crippen molar-refractivity contribution in [2.45, 2.75) is 32.4 Å². The van der Waals surface area contributed by atoms with Crippen molar-refractivity contribution >= 4 is 17.7 Å². The van der Waals surface area contributed by atoms with E-state index in [1.165, 1.54) is 7.11 Å². The van der Waals surface area contributed by atoms with Gasteiger partial charge in [0.25, 0.3) is 0 Å². The van der Waals surface area contributed by atoms with Crippen LogP contribution in [-0.4, -0.2) is 24.7 Å². The maximum atomic E-state index is 12.6. The molecule has 0 bridgehead atoms. The molecule has 1 aliphatic rings. The van der Waals surface area contributed by atoms with Crippen LogP contribution in [0, 0.1) is 0 Å². The molecule has 6 nitrogen and oxygen atoms in total. The molecule has 1 atom stereocenters. The first kappa shape index (κ1) is 19.5. The summed E-state index contributed by atoms with van der Waals surface area (Å²) in [6.45, 7) is 5.91. The fraction of sp³-hybridized carbons (Fsp3) is 0.273. The van der Waals surface area contributed by atoms with Crippen LogP contribution in [0.15, 0.2) is 60.2 Å². The van der Waals surface area contributed by atoms with E-state index in [0.717, 1.165) is 11.1 Å². The normalized spacial score (nSPS) is 16.9. The van der Waals surface area contributed by atoms with Gasteiger partial charge in [-0.2, -0.15) is 0 Å². The molecule has 0 aromatic heterocycles. The standard InChI is InChI=1S/C22H24N2O4/c1-22(2,3)28-16-12-10-15(11-13-16)19-17(20(25)27-4)18(23-21(26)24-19)14-8-6-5-7-9-14/h5-13,19H,1-4H3,(H2,23,24,26). The topological polar surface area (TPSA) is 76.7 Å². The van der Waals surface area contributed by atoms with Crippen LogP contribution in [0.4, 0.5) is 4.79 Å². The van der Waals surface area contributed by atoms with Crippen LogP contribution in [0.2, 0.25) is 0 Å². The van der Waals surface area contributed by atoms with Crippen LogP contribution in [0.5, 0.6) is 5.75 Å². The van der Waals surface area contributed by atoms with Crippen molar-refractivity contribution in [3.8, 4) is 5.75 Å². The number of nitrogens with one attached hydrogen (secondary N) is 2. The third kappa shape index (κ3) is 4.34. The average molecular weight is 380 g/mol. The molecule has 0 radical (unpaired) electrons. The molecule has 146 valence electrons. The Morgan fingerprint density at radius 1 is 1.00 bits per heavy atom. The van der Waals surface area contributed by atoms with Gasteiger partial charge in [0.15, 0.2) is 0 Å². The van der Waals surface area contributed by atoms with Gasteiger partial charge in [0.1, 0.15) is 11.4 Å². The third-order valence-electron chi connectivity index (χ3n) is 4.18. The van der Waals surface area contributed by atoms with Crippen molar-refractivity contribution < 1.29 is 19.1 Å². The predicted octanol–water partition coefficient (Wildman–Crippen LogP) is 3.80. The van der Waals surface area contributed by atoms with Crippen molar-refractivity contribution in [3.05, 3.63) is 71.3 Å². The van der Waals surface area contributed by atoms with Crippen LogP contribution in [0.3, 0.4) is 0 Å². The van der Waals surface area contributed by atoms with Gasteiger partial charge in [-0.1, -0.05) is 42.5 Å². The van der Waals surface area contributed by atoms with Crippen LogP contribution < -0.4 is 15.4 Å². The first-order valence-corrected chi connectivity index (χ1v) is 9.03. The molecular formula is C22H24N2O4. The van der Waals surface area contributed by atoms with Gasteiger partial charge in [0.05, 0.1) is 24.4 Å². The van der Waals surface area contributed by atoms with Crippen molar-refractivity contribution in [1.82, 2.24) is 10.6 Å². The quantitative estimate of drug-likeness (QED) is 0.791. The Labute approximate surface area is 164 Å². The molecule has 1 unspecified atom stereocenters. The van der Waals surface area contributed by atoms with Gasteiger partial charge in [-0.05, 0) is 44.0 Å². The summed E-state index contributed by atoms with van der Waals surface area (Å²) >= 11 is 0. The van der Waals surface area contributed by atoms with Gasteiger partial charge >= 0.3 is 12.0 Å². The lowest BCUT2D eigenvalue weighted by Gasteiger charge is -2.29. The molecule has 2 aromatic carbocycles. The van der Waals surface area contributed by atoms with E-state index in [4.69, 9.17) is 9.47 Å². The van der Waals surface area contributed by atoms with E-state index in [-0.39, 0.29) is 11.6 Å². The lowest BCUT2D eigenvalue weighted by Crippen LogP contribution is -2.45. The summed E-state index contributed by atoms with van der Waals surface area (Å²) in [5.41, 5.74) is 1.96. The lowest BCUT2D eigenvalue weighted by molar-refractivity contribution is -0.136. The van der Waals surface area contributed by atoms with Gasteiger partial charge in [-0.3, -0.25) is 0 Å². The fourth-order valence-electron chi connectivity index (χ4n) is 3.06. The number of hydrogen-bond acceptors (Lipinski definition) is 4. The number of urea groups is 1. The summed E-state index contributed by atoms with van der Waals surface area (Å²) in [7, 11) is 1.33. The Morgan fingerprint density at radius 2 is 1.64 bits per heavy atom. The maximum absolute atomic E-state index is 12.6. The van der Waals surface area contributed by atoms with Gasteiger partial charge < -0.3 is 20.1 Å². The third-order valence-corrected chi connectivity index (χ3v) is 4.18. The minimum Gasteiger partial charge on any atom is -0.488 e. The number of amides is 2. The summed E-state index contributed by atoms with van der Waals surface area (Å²) in [5.74, 6) is 0.203. The monoisotopic (exact) mass is 380 g/mol. The number of benzene rings is 2. The van der Waals surface area contributed by atoms with E-state index in [9.17, 15) is 9.59 Å². The molecule has 2 N–H and O–H groups in total. The SMILES string of the molecule is COC(=O)C1=C(c2ccccc2)NC(=O)NC1c1ccc(OC(C)(C)C)cc1. The van der Waals surface area contributed by atoms with E-state index in [1.54, 1.807) is 0 Å². The highest BCUT2D eigenvalue weighted by atomic mass is 16.5. The minimum atomic E-state index is -0.639. The van der Waals surface area contributed by atoms with Crippen molar-refractivity contribution in [2.75, 3.05) is 7.11 Å². The predicted molar refractivity (Wildman–Crippen MR) is 107 cm³/mol. The fourth-order valence-corrected chi connectivity index (χ4v) is 3.06. The molecule has 1 aliphatic heterocycles. The van der Waals surface area contributed by atoms with Crippen molar-refractivity contribution in [1.29, 1.82) is 0 Å². The molecule has 28 heavy (non-hydrogen) atoms. The Morgan fingerprint density at radius 3 is 2.21 bits per heavy atom. The first-order valence-electron chi connectivity index (χ1n) is 9.03. The molecule has 1 heterocycles. The van der Waals surface area contributed by atoms with E-state index in [2.05, 4.69) is 10.6 Å². The summed E-state index contributed by atoms with van der Waals surface area (Å²) in [6, 6.07) is 15.5. The van der Waals surface area contributed by atoms with Crippen molar-refractivity contribution in [2.24, 2.45) is 0 Å². The molecule has 0 saturated carbocycles. The number of carbonyl (C=O) groups excluding carboxylic acids is 2. The second kappa shape index (κ2) is 7.76. The summed E-state index contributed by atoms with van der Waals surface area (Å²) in [4.78, 5) is 24.9. The molecule has 2 amide bonds. The smallest absolute Gasteiger partial charge is 0.338 e. The van der Waals surface area contributed by atoms with Crippen molar-refractivity contribution in [3.63, 3.8) is 0 Å². The number of methoxy groups -OCH3 is 1. The second-order valence-corrected chi connectivity index (χ2v) is 7.46. The Hall–Kier alpha value is -3.28.